The first kappa shape index (κ1) is 34.0. The Balaban J connectivity index is 1.59. The highest BCUT2D eigenvalue weighted by Gasteiger charge is 2.30. The molecule has 0 aromatic heterocycles. The molecule has 3 N–H and O–H groups in total. The van der Waals surface area contributed by atoms with E-state index in [-0.39, 0.29) is 30.6 Å². The topological polar surface area (TPSA) is 103 Å². The molecule has 0 spiro atoms. The highest BCUT2D eigenvalue weighted by atomic mass is 16.5. The summed E-state index contributed by atoms with van der Waals surface area (Å²) < 4.78 is 12.8. The maximum Gasteiger partial charge on any atom is 0.323 e. The van der Waals surface area contributed by atoms with Gasteiger partial charge in [0.25, 0.3) is 5.91 Å². The molecule has 0 bridgehead atoms. The van der Waals surface area contributed by atoms with E-state index < -0.39 is 12.1 Å². The summed E-state index contributed by atoms with van der Waals surface area (Å²) in [6.45, 7) is 8.24. The standard InChI is InChI=1S/C36H48N4O5/c1-26-22-40(27(2)25-41)35(42)32-21-31(38-36(43)37-30-16-9-6-10-17-30)18-19-33(32)45-28(3)13-11-12-20-44-34(26)24-39(4)23-29-14-7-5-8-15-29/h5-10,14-19,21,26-28,34,41H,11-13,20,22-25H2,1-4H3,(H2,37,38,43)/t26-,27-,28-,34+/m0/s1. The number of aliphatic hydroxyl groups is 1. The number of carbonyl (C=O) groups excluding carboxylic acids is 2. The van der Waals surface area contributed by atoms with Crippen LogP contribution >= 0.6 is 0 Å². The van der Waals surface area contributed by atoms with E-state index in [2.05, 4.69) is 41.6 Å². The Morgan fingerprint density at radius 1 is 1.00 bits per heavy atom. The molecule has 0 aliphatic carbocycles. The van der Waals surface area contributed by atoms with Crippen LogP contribution in [-0.4, -0.2) is 78.4 Å². The quantitative estimate of drug-likeness (QED) is 0.276. The normalized spacial score (nSPS) is 20.4. The minimum Gasteiger partial charge on any atom is -0.490 e. The first-order chi connectivity index (χ1) is 21.7. The molecule has 45 heavy (non-hydrogen) atoms. The molecule has 1 heterocycles. The van der Waals surface area contributed by atoms with Crippen LogP contribution in [-0.2, 0) is 11.3 Å². The SMILES string of the molecule is C[C@H]1CCCCO[C@H](CN(C)Cc2ccccc2)[C@@H](C)CN([C@@H](C)CO)C(=O)c2cc(NC(=O)Nc3ccccc3)ccc2O1. The number of hydrogen-bond acceptors (Lipinski definition) is 6. The van der Waals surface area contributed by atoms with Crippen LogP contribution in [0, 0.1) is 5.92 Å². The van der Waals surface area contributed by atoms with Crippen molar-refractivity contribution < 1.29 is 24.2 Å². The van der Waals surface area contributed by atoms with Gasteiger partial charge in [0.05, 0.1) is 30.4 Å². The zero-order valence-corrected chi connectivity index (χ0v) is 26.9. The van der Waals surface area contributed by atoms with Gasteiger partial charge in [0, 0.05) is 43.5 Å². The highest BCUT2D eigenvalue weighted by Crippen LogP contribution is 2.29. The molecule has 242 valence electrons. The molecule has 1 aliphatic heterocycles. The third-order valence-corrected chi connectivity index (χ3v) is 8.13. The number of urea groups is 1. The number of nitrogens with zero attached hydrogens (tertiary/aromatic N) is 2. The highest BCUT2D eigenvalue weighted by molar-refractivity contribution is 6.02. The summed E-state index contributed by atoms with van der Waals surface area (Å²) in [5.41, 5.74) is 2.68. The van der Waals surface area contributed by atoms with Crippen molar-refractivity contribution in [2.24, 2.45) is 5.92 Å². The number of anilines is 2. The maximum atomic E-state index is 14.3. The minimum atomic E-state index is -0.446. The number of amides is 3. The number of aliphatic hydroxyl groups excluding tert-OH is 1. The molecule has 3 amide bonds. The van der Waals surface area contributed by atoms with Crippen LogP contribution in [0.15, 0.2) is 78.9 Å². The number of likely N-dealkylation sites (N-methyl/N-ethyl adjacent to an activating group) is 1. The minimum absolute atomic E-state index is 0.0228. The van der Waals surface area contributed by atoms with Crippen LogP contribution in [0.5, 0.6) is 5.75 Å². The van der Waals surface area contributed by atoms with E-state index in [1.54, 1.807) is 35.2 Å². The van der Waals surface area contributed by atoms with Crippen molar-refractivity contribution in [2.75, 3.05) is 44.0 Å². The number of carbonyl (C=O) groups is 2. The Morgan fingerprint density at radius 2 is 1.69 bits per heavy atom. The van der Waals surface area contributed by atoms with Gasteiger partial charge in [-0.1, -0.05) is 55.5 Å². The van der Waals surface area contributed by atoms with Gasteiger partial charge in [0.2, 0.25) is 0 Å². The van der Waals surface area contributed by atoms with Crippen LogP contribution in [0.25, 0.3) is 0 Å². The largest absolute Gasteiger partial charge is 0.490 e. The monoisotopic (exact) mass is 616 g/mol. The number of ether oxygens (including phenoxy) is 2. The Kier molecular flexibility index (Phi) is 12.8. The summed E-state index contributed by atoms with van der Waals surface area (Å²) in [5, 5.41) is 15.9. The summed E-state index contributed by atoms with van der Waals surface area (Å²) in [6, 6.07) is 23.8. The van der Waals surface area contributed by atoms with Crippen LogP contribution in [0.3, 0.4) is 0 Å². The summed E-state index contributed by atoms with van der Waals surface area (Å²) in [7, 11) is 2.09. The summed E-state index contributed by atoms with van der Waals surface area (Å²) >= 11 is 0. The molecule has 9 nitrogen and oxygen atoms in total. The summed E-state index contributed by atoms with van der Waals surface area (Å²) in [6.07, 6.45) is 2.39. The van der Waals surface area contributed by atoms with Crippen molar-refractivity contribution in [3.8, 4) is 5.75 Å². The molecule has 0 radical (unpaired) electrons. The second-order valence-electron chi connectivity index (χ2n) is 12.1. The van der Waals surface area contributed by atoms with Crippen LogP contribution in [0.4, 0.5) is 16.2 Å². The van der Waals surface area contributed by atoms with Crippen LogP contribution in [0.2, 0.25) is 0 Å². The molecular formula is C36H48N4O5. The Morgan fingerprint density at radius 3 is 2.40 bits per heavy atom. The van der Waals surface area contributed by atoms with Crippen molar-refractivity contribution in [1.82, 2.24) is 9.80 Å². The number of fused-ring (bicyclic) bond motifs is 1. The number of benzene rings is 3. The van der Waals surface area contributed by atoms with Crippen molar-refractivity contribution in [3.63, 3.8) is 0 Å². The van der Waals surface area contributed by atoms with Gasteiger partial charge in [0.15, 0.2) is 0 Å². The van der Waals surface area contributed by atoms with Gasteiger partial charge in [-0.3, -0.25) is 9.69 Å². The molecule has 4 atom stereocenters. The van der Waals surface area contributed by atoms with E-state index in [1.165, 1.54) is 5.56 Å². The second kappa shape index (κ2) is 17.0. The zero-order valence-electron chi connectivity index (χ0n) is 26.9. The summed E-state index contributed by atoms with van der Waals surface area (Å²) in [5.74, 6) is 0.160. The lowest BCUT2D eigenvalue weighted by atomic mass is 10.0. The van der Waals surface area contributed by atoms with Crippen molar-refractivity contribution in [3.05, 3.63) is 90.0 Å². The molecule has 0 unspecified atom stereocenters. The van der Waals surface area contributed by atoms with E-state index in [0.29, 0.717) is 42.4 Å². The molecule has 3 aromatic carbocycles. The predicted molar refractivity (Wildman–Crippen MR) is 179 cm³/mol. The van der Waals surface area contributed by atoms with Gasteiger partial charge in [-0.05, 0) is 76.1 Å². The summed E-state index contributed by atoms with van der Waals surface area (Å²) in [4.78, 5) is 31.0. The number of nitrogens with one attached hydrogen (secondary N) is 2. The molecule has 0 fully saturated rings. The lowest BCUT2D eigenvalue weighted by Crippen LogP contribution is -2.47. The van der Waals surface area contributed by atoms with Crippen LogP contribution in [0.1, 0.15) is 56.0 Å². The van der Waals surface area contributed by atoms with E-state index in [9.17, 15) is 14.7 Å². The van der Waals surface area contributed by atoms with Crippen molar-refractivity contribution in [2.45, 2.75) is 64.8 Å². The lowest BCUT2D eigenvalue weighted by Gasteiger charge is -2.36. The van der Waals surface area contributed by atoms with Gasteiger partial charge < -0.3 is 30.1 Å². The van der Waals surface area contributed by atoms with Crippen molar-refractivity contribution in [1.29, 1.82) is 0 Å². The predicted octanol–water partition coefficient (Wildman–Crippen LogP) is 6.26. The average Bonchev–Trinajstić information content (AvgIpc) is 3.03. The van der Waals surface area contributed by atoms with Crippen LogP contribution < -0.4 is 15.4 Å². The fraction of sp³-hybridized carbons (Fsp3) is 0.444. The van der Waals surface area contributed by atoms with Gasteiger partial charge in [-0.25, -0.2) is 4.79 Å². The fourth-order valence-corrected chi connectivity index (χ4v) is 5.54. The maximum absolute atomic E-state index is 14.3. The van der Waals surface area contributed by atoms with E-state index in [0.717, 1.165) is 25.8 Å². The van der Waals surface area contributed by atoms with Gasteiger partial charge in [-0.2, -0.15) is 0 Å². The second-order valence-corrected chi connectivity index (χ2v) is 12.1. The van der Waals surface area contributed by atoms with E-state index in [4.69, 9.17) is 9.47 Å². The Bertz CT molecular complexity index is 1360. The number of para-hydroxylation sites is 1. The molecule has 0 saturated carbocycles. The molecule has 0 saturated heterocycles. The number of hydrogen-bond donors (Lipinski definition) is 3. The van der Waals surface area contributed by atoms with Gasteiger partial charge >= 0.3 is 6.03 Å². The third kappa shape index (κ3) is 10.3. The molecule has 4 rings (SSSR count). The van der Waals surface area contributed by atoms with E-state index >= 15 is 0 Å². The van der Waals surface area contributed by atoms with E-state index in [1.807, 2.05) is 50.2 Å². The smallest absolute Gasteiger partial charge is 0.323 e. The van der Waals surface area contributed by atoms with Crippen molar-refractivity contribution >= 4 is 23.3 Å². The number of rotatable bonds is 8. The fourth-order valence-electron chi connectivity index (χ4n) is 5.54. The lowest BCUT2D eigenvalue weighted by molar-refractivity contribution is -0.0177. The zero-order chi connectivity index (χ0) is 32.2. The van der Waals surface area contributed by atoms with Gasteiger partial charge in [-0.15, -0.1) is 0 Å². The first-order valence-electron chi connectivity index (χ1n) is 15.9. The average molecular weight is 617 g/mol. The molecule has 1 aliphatic rings. The first-order valence-corrected chi connectivity index (χ1v) is 15.9. The van der Waals surface area contributed by atoms with Gasteiger partial charge in [0.1, 0.15) is 5.75 Å². The molecular weight excluding hydrogens is 568 g/mol. The molecule has 3 aromatic rings. The molecule has 9 heteroatoms. The Hall–Kier alpha value is -3.92. The Labute approximate surface area is 267 Å². The third-order valence-electron chi connectivity index (χ3n) is 8.13.